The SMILES string of the molecule is COC1C=CC=C(C)CC(C)C(O)C(C)C=C(C)C=C(C)C(=O)OC1C(C)C(O)C(C)C1(O)CC(OC(=O)C=CC(=O)O)C(C)C(C(C)C)O1. The second-order valence-electron chi connectivity index (χ2n) is 14.8. The minimum absolute atomic E-state index is 0.0142. The Bertz CT molecular complexity index is 1330. The van der Waals surface area contributed by atoms with Crippen molar-refractivity contribution in [2.75, 3.05) is 7.11 Å². The summed E-state index contributed by atoms with van der Waals surface area (Å²) in [4.78, 5) is 36.9. The molecule has 0 aromatic carbocycles. The van der Waals surface area contributed by atoms with Gasteiger partial charge in [0.15, 0.2) is 5.79 Å². The number of ether oxygens (including phenoxy) is 4. The molecule has 11 nitrogen and oxygen atoms in total. The largest absolute Gasteiger partial charge is 0.478 e. The molecule has 1 saturated heterocycles. The maximum atomic E-state index is 13.5. The number of aliphatic carboxylic acids is 1. The van der Waals surface area contributed by atoms with Crippen molar-refractivity contribution in [1.29, 1.82) is 0 Å². The lowest BCUT2D eigenvalue weighted by molar-refractivity contribution is -0.329. The van der Waals surface area contributed by atoms with Gasteiger partial charge in [-0.2, -0.15) is 0 Å². The number of rotatable bonds is 9. The summed E-state index contributed by atoms with van der Waals surface area (Å²) in [7, 11) is 1.48. The van der Waals surface area contributed by atoms with Crippen molar-refractivity contribution < 1.29 is 53.8 Å². The summed E-state index contributed by atoms with van der Waals surface area (Å²) in [5.41, 5.74) is 2.14. The van der Waals surface area contributed by atoms with Gasteiger partial charge in [0.2, 0.25) is 0 Å². The number of allylic oxidation sites excluding steroid dienone is 5. The Hall–Kier alpha value is -3.09. The van der Waals surface area contributed by atoms with E-state index >= 15 is 0 Å². The lowest BCUT2D eigenvalue weighted by Crippen LogP contribution is -2.59. The minimum atomic E-state index is -1.97. The molecule has 2 aliphatic heterocycles. The van der Waals surface area contributed by atoms with Crippen LogP contribution in [0.15, 0.2) is 59.3 Å². The molecule has 1 fully saturated rings. The molecule has 0 radical (unpaired) electrons. The fraction of sp³-hybridized carbons (Fsp3) is 0.667. The molecule has 2 aliphatic rings. The Kier molecular flexibility index (Phi) is 16.3. The van der Waals surface area contributed by atoms with Crippen LogP contribution >= 0.6 is 0 Å². The molecule has 12 atom stereocenters. The lowest BCUT2D eigenvalue weighted by atomic mass is 9.76. The fourth-order valence-electron chi connectivity index (χ4n) is 7.02. The summed E-state index contributed by atoms with van der Waals surface area (Å²) in [6, 6.07) is 0. The molecule has 0 aromatic rings. The van der Waals surface area contributed by atoms with Gasteiger partial charge in [-0.25, -0.2) is 14.4 Å². The molecule has 2 heterocycles. The van der Waals surface area contributed by atoms with Crippen molar-refractivity contribution in [3.63, 3.8) is 0 Å². The van der Waals surface area contributed by atoms with Crippen molar-refractivity contribution in [2.24, 2.45) is 35.5 Å². The van der Waals surface area contributed by atoms with Crippen molar-refractivity contribution in [2.45, 2.75) is 124 Å². The lowest BCUT2D eigenvalue weighted by Gasteiger charge is -2.50. The first-order chi connectivity index (χ1) is 23.2. The average Bonchev–Trinajstić information content (AvgIpc) is 3.04. The molecule has 0 amide bonds. The smallest absolute Gasteiger partial charge is 0.334 e. The summed E-state index contributed by atoms with van der Waals surface area (Å²) < 4.78 is 23.8. The Balaban J connectivity index is 2.51. The van der Waals surface area contributed by atoms with Crippen LogP contribution in [-0.4, -0.2) is 87.9 Å². The van der Waals surface area contributed by atoms with E-state index in [4.69, 9.17) is 24.1 Å². The van der Waals surface area contributed by atoms with E-state index in [9.17, 15) is 29.7 Å². The fourth-order valence-corrected chi connectivity index (χ4v) is 7.02. The molecule has 4 N–H and O–H groups in total. The van der Waals surface area contributed by atoms with Crippen LogP contribution in [0.1, 0.15) is 82.1 Å². The second-order valence-corrected chi connectivity index (χ2v) is 14.8. The van der Waals surface area contributed by atoms with E-state index in [1.54, 1.807) is 39.0 Å². The number of carboxylic acids is 1. The molecule has 0 spiro atoms. The molecule has 0 bridgehead atoms. The van der Waals surface area contributed by atoms with Gasteiger partial charge < -0.3 is 39.4 Å². The van der Waals surface area contributed by atoms with Gasteiger partial charge in [0, 0.05) is 54.9 Å². The zero-order chi connectivity index (χ0) is 38.1. The summed E-state index contributed by atoms with van der Waals surface area (Å²) in [5, 5.41) is 43.7. The Morgan fingerprint density at radius 1 is 1.06 bits per heavy atom. The van der Waals surface area contributed by atoms with Gasteiger partial charge >= 0.3 is 17.9 Å². The Morgan fingerprint density at radius 3 is 2.28 bits per heavy atom. The zero-order valence-corrected chi connectivity index (χ0v) is 31.5. The van der Waals surface area contributed by atoms with Gasteiger partial charge in [0.25, 0.3) is 0 Å². The van der Waals surface area contributed by atoms with Gasteiger partial charge in [-0.3, -0.25) is 0 Å². The van der Waals surface area contributed by atoms with Crippen molar-refractivity contribution in [3.8, 4) is 0 Å². The first-order valence-electron chi connectivity index (χ1n) is 17.5. The number of methoxy groups -OCH3 is 1. The standard InChI is InChI=1S/C39H60O11/c1-21(2)36-27(8)31(48-33(42)16-15-32(40)41)20-39(46,50-36)29(10)35(44)28(9)37-30(47-11)14-12-13-22(3)17-24(5)34(43)25(6)18-23(4)19-26(7)38(45)49-37/h12-16,18-19,21,24-25,27-31,34-37,43-44,46H,17,20H2,1-11H3,(H,40,41). The van der Waals surface area contributed by atoms with E-state index in [1.165, 1.54) is 7.11 Å². The first-order valence-corrected chi connectivity index (χ1v) is 17.5. The van der Waals surface area contributed by atoms with Gasteiger partial charge in [0.1, 0.15) is 18.3 Å². The number of hydrogen-bond acceptors (Lipinski definition) is 10. The van der Waals surface area contributed by atoms with Crippen LogP contribution in [0.2, 0.25) is 0 Å². The van der Waals surface area contributed by atoms with Crippen molar-refractivity contribution in [3.05, 3.63) is 59.3 Å². The molecular weight excluding hydrogens is 644 g/mol. The molecule has 12 unspecified atom stereocenters. The molecule has 2 rings (SSSR count). The van der Waals surface area contributed by atoms with E-state index in [0.29, 0.717) is 18.1 Å². The number of esters is 2. The van der Waals surface area contributed by atoms with Gasteiger partial charge in [0.05, 0.1) is 18.3 Å². The highest BCUT2D eigenvalue weighted by Crippen LogP contribution is 2.42. The molecule has 282 valence electrons. The Morgan fingerprint density at radius 2 is 1.70 bits per heavy atom. The third kappa shape index (κ3) is 11.7. The first kappa shape index (κ1) is 43.1. The second kappa shape index (κ2) is 18.9. The third-order valence-corrected chi connectivity index (χ3v) is 10.1. The van der Waals surface area contributed by atoms with Crippen molar-refractivity contribution >= 4 is 17.9 Å². The molecule has 11 heteroatoms. The maximum absolute atomic E-state index is 13.5. The van der Waals surface area contributed by atoms with Crippen LogP contribution in [0.25, 0.3) is 0 Å². The number of carbonyl (C=O) groups excluding carboxylic acids is 2. The monoisotopic (exact) mass is 704 g/mol. The third-order valence-electron chi connectivity index (χ3n) is 10.1. The molecule has 0 aliphatic carbocycles. The van der Waals surface area contributed by atoms with E-state index in [1.807, 2.05) is 60.6 Å². The van der Waals surface area contributed by atoms with Crippen LogP contribution in [0.5, 0.6) is 0 Å². The van der Waals surface area contributed by atoms with E-state index in [2.05, 4.69) is 0 Å². The predicted molar refractivity (Wildman–Crippen MR) is 189 cm³/mol. The number of carbonyl (C=O) groups is 3. The van der Waals surface area contributed by atoms with Crippen LogP contribution in [0.3, 0.4) is 0 Å². The van der Waals surface area contributed by atoms with Crippen LogP contribution in [-0.2, 0) is 33.3 Å². The number of aliphatic hydroxyl groups excluding tert-OH is 2. The molecular formula is C39H60O11. The maximum Gasteiger partial charge on any atom is 0.334 e. The zero-order valence-electron chi connectivity index (χ0n) is 31.5. The van der Waals surface area contributed by atoms with E-state index < -0.39 is 72.2 Å². The van der Waals surface area contributed by atoms with E-state index in [-0.39, 0.29) is 30.1 Å². The molecule has 0 saturated carbocycles. The normalized spacial score (nSPS) is 33.9. The quantitative estimate of drug-likeness (QED) is 0.182. The van der Waals surface area contributed by atoms with Crippen LogP contribution in [0.4, 0.5) is 0 Å². The number of aliphatic hydroxyl groups is 3. The number of hydrogen-bond donors (Lipinski definition) is 4. The van der Waals surface area contributed by atoms with Gasteiger partial charge in [-0.1, -0.05) is 83.9 Å². The molecule has 50 heavy (non-hydrogen) atoms. The molecule has 0 aromatic heterocycles. The van der Waals surface area contributed by atoms with Crippen molar-refractivity contribution in [1.82, 2.24) is 0 Å². The highest BCUT2D eigenvalue weighted by atomic mass is 16.6. The number of cyclic esters (lactones) is 1. The topological polar surface area (TPSA) is 169 Å². The minimum Gasteiger partial charge on any atom is -0.478 e. The number of carboxylic acid groups (broad SMARTS) is 1. The van der Waals surface area contributed by atoms with E-state index in [0.717, 1.165) is 17.2 Å². The summed E-state index contributed by atoms with van der Waals surface area (Å²) >= 11 is 0. The predicted octanol–water partition coefficient (Wildman–Crippen LogP) is 5.30. The van der Waals surface area contributed by atoms with Crippen LogP contribution < -0.4 is 0 Å². The highest BCUT2D eigenvalue weighted by molar-refractivity contribution is 5.90. The summed E-state index contributed by atoms with van der Waals surface area (Å²) in [6.45, 7) is 18.4. The highest BCUT2D eigenvalue weighted by Gasteiger charge is 2.53. The Labute approximate surface area is 297 Å². The van der Waals surface area contributed by atoms with Gasteiger partial charge in [-0.05, 0) is 45.1 Å². The van der Waals surface area contributed by atoms with Crippen LogP contribution in [0, 0.1) is 35.5 Å². The summed E-state index contributed by atoms with van der Waals surface area (Å²) in [6.07, 6.45) is 5.98. The summed E-state index contributed by atoms with van der Waals surface area (Å²) in [5.74, 6) is -7.15. The van der Waals surface area contributed by atoms with Gasteiger partial charge in [-0.15, -0.1) is 0 Å². The average molecular weight is 705 g/mol.